The predicted octanol–water partition coefficient (Wildman–Crippen LogP) is 4.84. The molecule has 0 aliphatic rings. The third kappa shape index (κ3) is 3.80. The summed E-state index contributed by atoms with van der Waals surface area (Å²) >= 11 is 1.81. The Bertz CT molecular complexity index is 1020. The molecule has 4 rings (SSSR count). The van der Waals surface area contributed by atoms with Gasteiger partial charge in [-0.05, 0) is 35.2 Å². The Labute approximate surface area is 162 Å². The van der Waals surface area contributed by atoms with E-state index in [1.807, 2.05) is 29.5 Å². The summed E-state index contributed by atoms with van der Waals surface area (Å²) in [5.74, 6) is 0.610. The van der Waals surface area contributed by atoms with Gasteiger partial charge in [0.25, 0.3) is 0 Å². The van der Waals surface area contributed by atoms with Crippen molar-refractivity contribution >= 4 is 11.3 Å². The maximum Gasteiger partial charge on any atom is 0.205 e. The zero-order valence-corrected chi connectivity index (χ0v) is 16.3. The topological polar surface area (TPSA) is 67.3 Å². The Balaban J connectivity index is 1.61. The molecular weight excluding hydrogens is 354 g/mol. The highest BCUT2D eigenvalue weighted by atomic mass is 32.1. The third-order valence-corrected chi connectivity index (χ3v) is 5.53. The van der Waals surface area contributed by atoms with Gasteiger partial charge in [0.05, 0.1) is 10.7 Å². The van der Waals surface area contributed by atoms with Crippen LogP contribution in [0.1, 0.15) is 34.5 Å². The lowest BCUT2D eigenvalue weighted by molar-refractivity contribution is 0.874. The van der Waals surface area contributed by atoms with Crippen LogP contribution in [0.4, 0.5) is 0 Å². The van der Waals surface area contributed by atoms with Gasteiger partial charge in [0, 0.05) is 16.9 Å². The van der Waals surface area contributed by atoms with Gasteiger partial charge in [-0.1, -0.05) is 61.9 Å². The van der Waals surface area contributed by atoms with Crippen molar-refractivity contribution in [1.82, 2.24) is 25.6 Å². The van der Waals surface area contributed by atoms with Crippen molar-refractivity contribution in [3.63, 3.8) is 0 Å². The zero-order valence-electron chi connectivity index (χ0n) is 15.4. The maximum atomic E-state index is 4.70. The Morgan fingerprint density at radius 1 is 1.00 bits per heavy atom. The van der Waals surface area contributed by atoms with E-state index >= 15 is 0 Å². The molecule has 0 aliphatic carbocycles. The van der Waals surface area contributed by atoms with Crippen LogP contribution in [0.2, 0.25) is 0 Å². The fourth-order valence-electron chi connectivity index (χ4n) is 3.28. The van der Waals surface area contributed by atoms with Crippen LogP contribution in [-0.4, -0.2) is 25.6 Å². The Morgan fingerprint density at radius 2 is 1.78 bits per heavy atom. The highest BCUT2D eigenvalue weighted by Gasteiger charge is 2.12. The minimum atomic E-state index is 0.610. The molecule has 0 aliphatic heterocycles. The van der Waals surface area contributed by atoms with E-state index in [0.717, 1.165) is 41.0 Å². The molecule has 0 unspecified atom stereocenters. The van der Waals surface area contributed by atoms with Gasteiger partial charge in [-0.3, -0.25) is 0 Å². The number of nitrogens with one attached hydrogen (secondary N) is 1. The minimum absolute atomic E-state index is 0.610. The van der Waals surface area contributed by atoms with E-state index in [2.05, 4.69) is 64.8 Å². The number of aryl methyl sites for hydroxylation is 2. The van der Waals surface area contributed by atoms with Gasteiger partial charge in [-0.15, -0.1) is 21.5 Å². The number of benzene rings is 2. The Morgan fingerprint density at radius 3 is 2.48 bits per heavy atom. The molecule has 0 atom stereocenters. The molecule has 0 spiro atoms. The summed E-state index contributed by atoms with van der Waals surface area (Å²) in [7, 11) is 0. The molecule has 0 bridgehead atoms. The number of rotatable bonds is 6. The molecule has 136 valence electrons. The molecule has 0 saturated heterocycles. The molecule has 1 N–H and O–H groups in total. The van der Waals surface area contributed by atoms with Crippen molar-refractivity contribution in [2.24, 2.45) is 0 Å². The number of H-pyrrole nitrogens is 1. The highest BCUT2D eigenvalue weighted by Crippen LogP contribution is 2.30. The molecule has 5 nitrogen and oxygen atoms in total. The highest BCUT2D eigenvalue weighted by molar-refractivity contribution is 7.11. The molecule has 2 aromatic heterocycles. The van der Waals surface area contributed by atoms with E-state index in [0.29, 0.717) is 5.82 Å². The first-order valence-corrected chi connectivity index (χ1v) is 9.93. The summed E-state index contributed by atoms with van der Waals surface area (Å²) in [6, 6.07) is 16.9. The van der Waals surface area contributed by atoms with Crippen molar-refractivity contribution in [3.05, 3.63) is 69.7 Å². The predicted molar refractivity (Wildman–Crippen MR) is 109 cm³/mol. The van der Waals surface area contributed by atoms with Crippen LogP contribution < -0.4 is 0 Å². The van der Waals surface area contributed by atoms with Crippen LogP contribution in [0.25, 0.3) is 22.5 Å². The summed E-state index contributed by atoms with van der Waals surface area (Å²) in [6.07, 6.45) is 3.12. The summed E-state index contributed by atoms with van der Waals surface area (Å²) in [6.45, 7) is 4.29. The minimum Gasteiger partial charge on any atom is -0.246 e. The maximum absolute atomic E-state index is 4.70. The quantitative estimate of drug-likeness (QED) is 0.523. The van der Waals surface area contributed by atoms with E-state index in [9.17, 15) is 0 Å². The van der Waals surface area contributed by atoms with Gasteiger partial charge in [-0.2, -0.15) is 5.21 Å². The number of aromatic nitrogens is 5. The summed E-state index contributed by atoms with van der Waals surface area (Å²) in [5, 5.41) is 15.6. The lowest BCUT2D eigenvalue weighted by Crippen LogP contribution is -1.93. The van der Waals surface area contributed by atoms with Crippen LogP contribution in [0, 0.1) is 6.92 Å². The number of hydrogen-bond acceptors (Lipinski definition) is 5. The lowest BCUT2D eigenvalue weighted by Gasteiger charge is -2.08. The number of tetrazole rings is 1. The van der Waals surface area contributed by atoms with E-state index in [4.69, 9.17) is 4.98 Å². The second-order valence-electron chi connectivity index (χ2n) is 6.51. The fourth-order valence-corrected chi connectivity index (χ4v) is 4.29. The first kappa shape index (κ1) is 17.5. The average molecular weight is 376 g/mol. The van der Waals surface area contributed by atoms with Gasteiger partial charge in [0.2, 0.25) is 5.82 Å². The second kappa shape index (κ2) is 7.80. The number of hydrogen-bond donors (Lipinski definition) is 1. The third-order valence-electron chi connectivity index (χ3n) is 4.51. The summed E-state index contributed by atoms with van der Waals surface area (Å²) in [4.78, 5) is 6.08. The van der Waals surface area contributed by atoms with Gasteiger partial charge in [-0.25, -0.2) is 4.98 Å². The van der Waals surface area contributed by atoms with Crippen molar-refractivity contribution in [1.29, 1.82) is 0 Å². The largest absolute Gasteiger partial charge is 0.246 e. The van der Waals surface area contributed by atoms with E-state index < -0.39 is 0 Å². The molecule has 6 heteroatoms. The van der Waals surface area contributed by atoms with Crippen molar-refractivity contribution in [2.75, 3.05) is 0 Å². The first-order chi connectivity index (χ1) is 13.2. The van der Waals surface area contributed by atoms with Crippen LogP contribution in [-0.2, 0) is 12.8 Å². The molecule has 2 heterocycles. The van der Waals surface area contributed by atoms with E-state index in [-0.39, 0.29) is 0 Å². The number of thiazole rings is 1. The van der Waals surface area contributed by atoms with E-state index in [1.54, 1.807) is 0 Å². The number of nitrogens with zero attached hydrogens (tertiary/aromatic N) is 4. The fraction of sp³-hybridized carbons (Fsp3) is 0.238. The van der Waals surface area contributed by atoms with Crippen molar-refractivity contribution < 1.29 is 0 Å². The molecule has 2 aromatic carbocycles. The molecule has 0 fully saturated rings. The SMILES string of the molecule is CCCc1nc(C)sc1Cc1ccc(-c2ccccc2-c2nn[nH]n2)cc1. The number of aromatic amines is 1. The molecule has 4 aromatic rings. The van der Waals surface area contributed by atoms with Gasteiger partial charge >= 0.3 is 0 Å². The lowest BCUT2D eigenvalue weighted by atomic mass is 9.97. The molecule has 0 radical (unpaired) electrons. The Kier molecular flexibility index (Phi) is 5.07. The smallest absolute Gasteiger partial charge is 0.205 e. The van der Waals surface area contributed by atoms with E-state index in [1.165, 1.54) is 16.1 Å². The summed E-state index contributed by atoms with van der Waals surface area (Å²) in [5.41, 5.74) is 5.78. The van der Waals surface area contributed by atoms with Gasteiger partial charge in [0.15, 0.2) is 0 Å². The average Bonchev–Trinajstić information content (AvgIpc) is 3.33. The summed E-state index contributed by atoms with van der Waals surface area (Å²) < 4.78 is 0. The molecule has 0 amide bonds. The van der Waals surface area contributed by atoms with Crippen LogP contribution in [0.5, 0.6) is 0 Å². The van der Waals surface area contributed by atoms with Crippen molar-refractivity contribution in [2.45, 2.75) is 33.1 Å². The first-order valence-electron chi connectivity index (χ1n) is 9.12. The van der Waals surface area contributed by atoms with Gasteiger partial charge in [0.1, 0.15) is 0 Å². The van der Waals surface area contributed by atoms with Crippen LogP contribution in [0.3, 0.4) is 0 Å². The van der Waals surface area contributed by atoms with Crippen LogP contribution in [0.15, 0.2) is 48.5 Å². The Hall–Kier alpha value is -2.86. The van der Waals surface area contributed by atoms with Crippen molar-refractivity contribution in [3.8, 4) is 22.5 Å². The monoisotopic (exact) mass is 375 g/mol. The molecular formula is C21H21N5S. The molecule has 0 saturated carbocycles. The second-order valence-corrected chi connectivity index (χ2v) is 7.80. The zero-order chi connectivity index (χ0) is 18.6. The standard InChI is InChI=1S/C21H21N5S/c1-3-6-19-20(27-14(2)22-19)13-15-9-11-16(12-10-15)17-7-4-5-8-18(17)21-23-25-26-24-21/h4-5,7-12H,3,6,13H2,1-2H3,(H,23,24,25,26). The molecule has 27 heavy (non-hydrogen) atoms. The normalized spacial score (nSPS) is 11.0. The van der Waals surface area contributed by atoms with Gasteiger partial charge < -0.3 is 0 Å². The van der Waals surface area contributed by atoms with Crippen LogP contribution >= 0.6 is 11.3 Å².